The molecular formula is C13H12FNO2. The minimum Gasteiger partial charge on any atom is -0.393 e. The molecule has 0 spiro atoms. The molecule has 88 valence electrons. The van der Waals surface area contributed by atoms with Crippen LogP contribution in [0.2, 0.25) is 0 Å². The van der Waals surface area contributed by atoms with E-state index < -0.39 is 0 Å². The number of rotatable bonds is 2. The van der Waals surface area contributed by atoms with Crippen molar-refractivity contribution in [1.82, 2.24) is 4.57 Å². The van der Waals surface area contributed by atoms with E-state index in [1.165, 1.54) is 12.1 Å². The summed E-state index contributed by atoms with van der Waals surface area (Å²) < 4.78 is 20.6. The Hall–Kier alpha value is -1.65. The van der Waals surface area contributed by atoms with Crippen molar-refractivity contribution in [3.63, 3.8) is 0 Å². The van der Waals surface area contributed by atoms with Gasteiger partial charge in [0.25, 0.3) is 0 Å². The molecule has 4 heteroatoms. The number of aliphatic hydroxyl groups excluding tert-OH is 1. The largest absolute Gasteiger partial charge is 0.393 e. The van der Waals surface area contributed by atoms with Crippen LogP contribution in [0.4, 0.5) is 4.39 Å². The van der Waals surface area contributed by atoms with Crippen molar-refractivity contribution in [2.24, 2.45) is 0 Å². The third-order valence-electron chi connectivity index (χ3n) is 2.94. The van der Waals surface area contributed by atoms with Gasteiger partial charge in [0.05, 0.1) is 12.1 Å². The van der Waals surface area contributed by atoms with Crippen molar-refractivity contribution >= 4 is 10.9 Å². The molecule has 3 rings (SSSR count). The van der Waals surface area contributed by atoms with E-state index in [0.29, 0.717) is 0 Å². The van der Waals surface area contributed by atoms with Gasteiger partial charge in [-0.2, -0.15) is 0 Å². The molecule has 0 saturated carbocycles. The summed E-state index contributed by atoms with van der Waals surface area (Å²) in [7, 11) is 0. The van der Waals surface area contributed by atoms with Gasteiger partial charge in [-0.3, -0.25) is 0 Å². The van der Waals surface area contributed by atoms with Crippen LogP contribution in [-0.2, 0) is 4.74 Å². The summed E-state index contributed by atoms with van der Waals surface area (Å²) in [5, 5.41) is 9.84. The Balaban J connectivity index is 1.99. The Morgan fingerprint density at radius 3 is 2.94 bits per heavy atom. The van der Waals surface area contributed by atoms with Gasteiger partial charge >= 0.3 is 0 Å². The summed E-state index contributed by atoms with van der Waals surface area (Å²) in [6.07, 6.45) is 5.11. The first-order valence-electron chi connectivity index (χ1n) is 5.48. The molecule has 0 saturated heterocycles. The van der Waals surface area contributed by atoms with E-state index in [1.807, 2.05) is 29.0 Å². The number of ether oxygens (including phenoxy) is 1. The Morgan fingerprint density at radius 1 is 1.29 bits per heavy atom. The van der Waals surface area contributed by atoms with E-state index in [2.05, 4.69) is 0 Å². The summed E-state index contributed by atoms with van der Waals surface area (Å²) in [5.41, 5.74) is 0.916. The predicted octanol–water partition coefficient (Wildman–Crippen LogP) is 2.23. The molecule has 17 heavy (non-hydrogen) atoms. The number of aromatic nitrogens is 1. The Kier molecular flexibility index (Phi) is 2.46. The average molecular weight is 233 g/mol. The molecule has 1 N–H and O–H groups in total. The molecule has 2 heterocycles. The molecule has 1 aromatic carbocycles. The summed E-state index contributed by atoms with van der Waals surface area (Å²) in [6, 6.07) is 6.51. The van der Waals surface area contributed by atoms with E-state index >= 15 is 0 Å². The second kappa shape index (κ2) is 3.98. The normalized spacial score (nSPS) is 23.6. The lowest BCUT2D eigenvalue weighted by Crippen LogP contribution is -2.14. The van der Waals surface area contributed by atoms with Crippen molar-refractivity contribution in [2.75, 3.05) is 6.61 Å². The average Bonchev–Trinajstić information content (AvgIpc) is 2.93. The van der Waals surface area contributed by atoms with Crippen LogP contribution < -0.4 is 0 Å². The number of halogens is 1. The lowest BCUT2D eigenvalue weighted by atomic mass is 10.2. The molecule has 1 aliphatic heterocycles. The number of benzene rings is 1. The van der Waals surface area contributed by atoms with E-state index in [4.69, 9.17) is 9.84 Å². The van der Waals surface area contributed by atoms with Crippen LogP contribution in [0.1, 0.15) is 6.23 Å². The summed E-state index contributed by atoms with van der Waals surface area (Å²) in [4.78, 5) is 0. The standard InChI is InChI=1S/C13H12FNO2/c14-10-1-3-12-9(7-10)5-6-15(12)13-4-2-11(8-16)17-13/h1-7,11,13,16H,8H2/t11-,13+/m0/s1. The van der Waals surface area contributed by atoms with Crippen LogP contribution >= 0.6 is 0 Å². The van der Waals surface area contributed by atoms with Crippen LogP contribution in [-0.4, -0.2) is 22.4 Å². The van der Waals surface area contributed by atoms with Gasteiger partial charge in [-0.25, -0.2) is 4.39 Å². The van der Waals surface area contributed by atoms with Gasteiger partial charge in [0.1, 0.15) is 11.9 Å². The van der Waals surface area contributed by atoms with Crippen molar-refractivity contribution in [3.05, 3.63) is 48.4 Å². The van der Waals surface area contributed by atoms with Gasteiger partial charge in [0.2, 0.25) is 0 Å². The van der Waals surface area contributed by atoms with E-state index in [1.54, 1.807) is 6.07 Å². The van der Waals surface area contributed by atoms with Crippen LogP contribution in [0.15, 0.2) is 42.6 Å². The maximum atomic E-state index is 13.1. The Morgan fingerprint density at radius 2 is 2.18 bits per heavy atom. The van der Waals surface area contributed by atoms with Crippen molar-refractivity contribution in [2.45, 2.75) is 12.3 Å². The summed E-state index contributed by atoms with van der Waals surface area (Å²) in [6.45, 7) is -0.0270. The maximum absolute atomic E-state index is 13.1. The molecule has 2 aromatic rings. The minimum atomic E-state index is -0.252. The zero-order valence-electron chi connectivity index (χ0n) is 9.08. The summed E-state index contributed by atoms with van der Waals surface area (Å²) in [5.74, 6) is -0.244. The highest BCUT2D eigenvalue weighted by molar-refractivity contribution is 5.80. The number of hydrogen-bond acceptors (Lipinski definition) is 2. The Labute approximate surface area is 97.7 Å². The van der Waals surface area contributed by atoms with Crippen LogP contribution in [0.25, 0.3) is 10.9 Å². The van der Waals surface area contributed by atoms with Crippen LogP contribution in [0.3, 0.4) is 0 Å². The fourth-order valence-corrected chi connectivity index (χ4v) is 2.11. The first-order chi connectivity index (χ1) is 8.28. The van der Waals surface area contributed by atoms with Crippen LogP contribution in [0.5, 0.6) is 0 Å². The third-order valence-corrected chi connectivity index (χ3v) is 2.94. The van der Waals surface area contributed by atoms with Crippen molar-refractivity contribution in [3.8, 4) is 0 Å². The van der Waals surface area contributed by atoms with Gasteiger partial charge < -0.3 is 14.4 Å². The second-order valence-electron chi connectivity index (χ2n) is 4.06. The second-order valence-corrected chi connectivity index (χ2v) is 4.06. The molecule has 0 amide bonds. The molecule has 0 aliphatic carbocycles. The Bertz CT molecular complexity index is 576. The molecular weight excluding hydrogens is 221 g/mol. The van der Waals surface area contributed by atoms with E-state index in [9.17, 15) is 4.39 Å². The first kappa shape index (κ1) is 10.5. The predicted molar refractivity (Wildman–Crippen MR) is 62.0 cm³/mol. The third kappa shape index (κ3) is 1.75. The molecule has 0 bridgehead atoms. The lowest BCUT2D eigenvalue weighted by molar-refractivity contribution is -0.00590. The molecule has 0 radical (unpaired) electrons. The van der Waals surface area contributed by atoms with Gasteiger partial charge in [-0.05, 0) is 30.3 Å². The zero-order valence-corrected chi connectivity index (χ0v) is 9.08. The van der Waals surface area contributed by atoms with Crippen molar-refractivity contribution < 1.29 is 14.2 Å². The van der Waals surface area contributed by atoms with Gasteiger partial charge in [0.15, 0.2) is 6.23 Å². The molecule has 1 aromatic heterocycles. The maximum Gasteiger partial charge on any atom is 0.154 e. The zero-order chi connectivity index (χ0) is 11.8. The molecule has 2 atom stereocenters. The van der Waals surface area contributed by atoms with E-state index in [-0.39, 0.29) is 24.8 Å². The first-order valence-corrected chi connectivity index (χ1v) is 5.48. The number of aliphatic hydroxyl groups is 1. The topological polar surface area (TPSA) is 34.4 Å². The van der Waals surface area contributed by atoms with E-state index in [0.717, 1.165) is 10.9 Å². The van der Waals surface area contributed by atoms with Crippen LogP contribution in [0, 0.1) is 5.82 Å². The summed E-state index contributed by atoms with van der Waals surface area (Å²) >= 11 is 0. The fourth-order valence-electron chi connectivity index (χ4n) is 2.11. The highest BCUT2D eigenvalue weighted by atomic mass is 19.1. The fraction of sp³-hybridized carbons (Fsp3) is 0.231. The quantitative estimate of drug-likeness (QED) is 0.807. The SMILES string of the molecule is OC[C@@H]1C=C[C@H](n2ccc3cc(F)ccc32)O1. The van der Waals surface area contributed by atoms with Crippen molar-refractivity contribution in [1.29, 1.82) is 0 Å². The van der Waals surface area contributed by atoms with Gasteiger partial charge in [-0.15, -0.1) is 0 Å². The smallest absolute Gasteiger partial charge is 0.154 e. The number of nitrogens with zero attached hydrogens (tertiary/aromatic N) is 1. The molecule has 0 unspecified atom stereocenters. The monoisotopic (exact) mass is 233 g/mol. The van der Waals surface area contributed by atoms with Gasteiger partial charge in [-0.1, -0.05) is 6.08 Å². The number of fused-ring (bicyclic) bond motifs is 1. The molecule has 0 fully saturated rings. The molecule has 1 aliphatic rings. The highest BCUT2D eigenvalue weighted by Gasteiger charge is 2.20. The number of hydrogen-bond donors (Lipinski definition) is 1. The molecule has 3 nitrogen and oxygen atoms in total. The minimum absolute atomic E-state index is 0.0270. The lowest BCUT2D eigenvalue weighted by Gasteiger charge is -2.15. The highest BCUT2D eigenvalue weighted by Crippen LogP contribution is 2.26. The van der Waals surface area contributed by atoms with Gasteiger partial charge in [0, 0.05) is 11.6 Å².